The van der Waals surface area contributed by atoms with E-state index in [1.807, 2.05) is 0 Å². The first-order chi connectivity index (χ1) is 8.88. The van der Waals surface area contributed by atoms with Gasteiger partial charge in [-0.05, 0) is 29.5 Å². The Bertz CT molecular complexity index is 437. The van der Waals surface area contributed by atoms with Crippen LogP contribution in [0.5, 0.6) is 0 Å². The highest BCUT2D eigenvalue weighted by atomic mass is 35.5. The molecule has 0 spiro atoms. The van der Waals surface area contributed by atoms with Gasteiger partial charge >= 0.3 is 0 Å². The average molecular weight is 281 g/mol. The molecule has 1 unspecified atom stereocenters. The van der Waals surface area contributed by atoms with Crippen molar-refractivity contribution in [2.45, 2.75) is 40.3 Å². The monoisotopic (exact) mass is 280 g/mol. The van der Waals surface area contributed by atoms with Crippen LogP contribution in [0.2, 0.25) is 5.02 Å². The molecule has 2 rings (SSSR count). The molecule has 1 aliphatic rings. The summed E-state index contributed by atoms with van der Waals surface area (Å²) in [5.74, 6) is 0. The van der Waals surface area contributed by atoms with Crippen LogP contribution < -0.4 is 5.32 Å². The lowest BCUT2D eigenvalue weighted by Gasteiger charge is -2.43. The second kappa shape index (κ2) is 5.82. The van der Waals surface area contributed by atoms with E-state index in [1.54, 1.807) is 0 Å². The first-order valence-electron chi connectivity index (χ1n) is 7.08. The van der Waals surface area contributed by atoms with Gasteiger partial charge in [0.05, 0.1) is 0 Å². The third-order valence-corrected chi connectivity index (χ3v) is 4.29. The van der Waals surface area contributed by atoms with Crippen LogP contribution in [0, 0.1) is 12.3 Å². The van der Waals surface area contributed by atoms with Gasteiger partial charge < -0.3 is 5.32 Å². The molecule has 0 bridgehead atoms. The molecule has 1 aromatic carbocycles. The van der Waals surface area contributed by atoms with Crippen molar-refractivity contribution in [1.82, 2.24) is 10.2 Å². The third kappa shape index (κ3) is 3.71. The lowest BCUT2D eigenvalue weighted by Crippen LogP contribution is -2.56. The summed E-state index contributed by atoms with van der Waals surface area (Å²) in [6.45, 7) is 13.2. The molecule has 0 saturated carbocycles. The minimum Gasteiger partial charge on any atom is -0.314 e. The molecule has 1 aliphatic heterocycles. The van der Waals surface area contributed by atoms with E-state index in [4.69, 9.17) is 11.6 Å². The molecular weight excluding hydrogens is 256 g/mol. The van der Waals surface area contributed by atoms with Crippen molar-refractivity contribution in [2.24, 2.45) is 5.41 Å². The number of nitrogens with one attached hydrogen (secondary N) is 1. The predicted molar refractivity (Wildman–Crippen MR) is 82.7 cm³/mol. The first-order valence-corrected chi connectivity index (χ1v) is 7.45. The largest absolute Gasteiger partial charge is 0.314 e. The van der Waals surface area contributed by atoms with Gasteiger partial charge in [0, 0.05) is 37.2 Å². The molecule has 0 aliphatic carbocycles. The number of hydrogen-bond acceptors (Lipinski definition) is 2. The van der Waals surface area contributed by atoms with Gasteiger partial charge in [-0.3, -0.25) is 4.90 Å². The van der Waals surface area contributed by atoms with E-state index in [0.29, 0.717) is 6.04 Å². The summed E-state index contributed by atoms with van der Waals surface area (Å²) in [6, 6.07) is 6.93. The second-order valence-corrected chi connectivity index (χ2v) is 7.06. The van der Waals surface area contributed by atoms with Gasteiger partial charge in [0.15, 0.2) is 0 Å². The molecular formula is C16H25ClN2. The zero-order valence-electron chi connectivity index (χ0n) is 12.5. The Morgan fingerprint density at radius 2 is 2.11 bits per heavy atom. The number of benzene rings is 1. The summed E-state index contributed by atoms with van der Waals surface area (Å²) in [5.41, 5.74) is 2.75. The van der Waals surface area contributed by atoms with Gasteiger partial charge in [-0.2, -0.15) is 0 Å². The molecule has 1 atom stereocenters. The summed E-state index contributed by atoms with van der Waals surface area (Å²) in [5, 5.41) is 4.40. The van der Waals surface area contributed by atoms with Gasteiger partial charge in [-0.15, -0.1) is 0 Å². The van der Waals surface area contributed by atoms with Crippen LogP contribution in [0.15, 0.2) is 18.2 Å². The van der Waals surface area contributed by atoms with Gasteiger partial charge in [-0.1, -0.05) is 44.5 Å². The fourth-order valence-electron chi connectivity index (χ4n) is 2.79. The van der Waals surface area contributed by atoms with Crippen molar-refractivity contribution >= 4 is 11.6 Å². The highest BCUT2D eigenvalue weighted by Crippen LogP contribution is 2.28. The molecule has 0 amide bonds. The van der Waals surface area contributed by atoms with Gasteiger partial charge in [0.1, 0.15) is 0 Å². The molecule has 19 heavy (non-hydrogen) atoms. The molecule has 1 fully saturated rings. The van der Waals surface area contributed by atoms with Crippen LogP contribution in [-0.2, 0) is 6.54 Å². The zero-order chi connectivity index (χ0) is 14.0. The van der Waals surface area contributed by atoms with E-state index in [9.17, 15) is 0 Å². The maximum atomic E-state index is 6.37. The second-order valence-electron chi connectivity index (χ2n) is 6.65. The van der Waals surface area contributed by atoms with Crippen molar-refractivity contribution in [3.63, 3.8) is 0 Å². The summed E-state index contributed by atoms with van der Waals surface area (Å²) in [6.07, 6.45) is 0. The normalized spacial score (nSPS) is 21.6. The Labute approximate surface area is 122 Å². The van der Waals surface area contributed by atoms with E-state index in [2.05, 4.69) is 56.1 Å². The summed E-state index contributed by atoms with van der Waals surface area (Å²) >= 11 is 6.37. The van der Waals surface area contributed by atoms with E-state index in [-0.39, 0.29) is 5.41 Å². The summed E-state index contributed by atoms with van der Waals surface area (Å²) in [7, 11) is 0. The molecule has 2 nitrogen and oxygen atoms in total. The van der Waals surface area contributed by atoms with Crippen molar-refractivity contribution in [2.75, 3.05) is 19.6 Å². The molecule has 1 saturated heterocycles. The molecule has 0 aromatic heterocycles. The van der Waals surface area contributed by atoms with E-state index in [0.717, 1.165) is 31.2 Å². The fourth-order valence-corrected chi connectivity index (χ4v) is 3.08. The van der Waals surface area contributed by atoms with Crippen molar-refractivity contribution in [3.05, 3.63) is 34.3 Å². The van der Waals surface area contributed by atoms with E-state index < -0.39 is 0 Å². The SMILES string of the molecule is Cc1ccc(CN2CCNCC2C(C)(C)C)c(Cl)c1. The maximum absolute atomic E-state index is 6.37. The van der Waals surface area contributed by atoms with Crippen LogP contribution in [0.25, 0.3) is 0 Å². The molecule has 3 heteroatoms. The van der Waals surface area contributed by atoms with Gasteiger partial charge in [0.2, 0.25) is 0 Å². The molecule has 1 aromatic rings. The van der Waals surface area contributed by atoms with Crippen molar-refractivity contribution in [3.8, 4) is 0 Å². The smallest absolute Gasteiger partial charge is 0.0453 e. The zero-order valence-corrected chi connectivity index (χ0v) is 13.2. The van der Waals surface area contributed by atoms with Crippen molar-refractivity contribution in [1.29, 1.82) is 0 Å². The number of nitrogens with zero attached hydrogens (tertiary/aromatic N) is 1. The Hall–Kier alpha value is -0.570. The number of hydrogen-bond donors (Lipinski definition) is 1. The molecule has 106 valence electrons. The minimum atomic E-state index is 0.282. The maximum Gasteiger partial charge on any atom is 0.0453 e. The van der Waals surface area contributed by atoms with Gasteiger partial charge in [0.25, 0.3) is 0 Å². The van der Waals surface area contributed by atoms with E-state index in [1.165, 1.54) is 11.1 Å². The van der Waals surface area contributed by atoms with Crippen LogP contribution >= 0.6 is 11.6 Å². The topological polar surface area (TPSA) is 15.3 Å². The molecule has 1 heterocycles. The lowest BCUT2D eigenvalue weighted by atomic mass is 9.84. The average Bonchev–Trinajstić information content (AvgIpc) is 2.32. The standard InChI is InChI=1S/C16H25ClN2/c1-12-5-6-13(14(17)9-12)11-19-8-7-18-10-15(19)16(2,3)4/h5-6,9,15,18H,7-8,10-11H2,1-4H3. The Morgan fingerprint density at radius 1 is 1.37 bits per heavy atom. The number of halogens is 1. The Kier molecular flexibility index (Phi) is 4.54. The Morgan fingerprint density at radius 3 is 2.74 bits per heavy atom. The van der Waals surface area contributed by atoms with Crippen molar-refractivity contribution < 1.29 is 0 Å². The van der Waals surface area contributed by atoms with E-state index >= 15 is 0 Å². The lowest BCUT2D eigenvalue weighted by molar-refractivity contribution is 0.0689. The highest BCUT2D eigenvalue weighted by Gasteiger charge is 2.32. The number of aryl methyl sites for hydroxylation is 1. The highest BCUT2D eigenvalue weighted by molar-refractivity contribution is 6.31. The number of rotatable bonds is 2. The minimum absolute atomic E-state index is 0.282. The number of piperazine rings is 1. The fraction of sp³-hybridized carbons (Fsp3) is 0.625. The Balaban J connectivity index is 2.15. The van der Waals surface area contributed by atoms with Crippen LogP contribution in [0.1, 0.15) is 31.9 Å². The summed E-state index contributed by atoms with van der Waals surface area (Å²) in [4.78, 5) is 2.56. The molecule has 1 N–H and O–H groups in total. The quantitative estimate of drug-likeness (QED) is 0.892. The first kappa shape index (κ1) is 14.8. The van der Waals surface area contributed by atoms with Gasteiger partial charge in [-0.25, -0.2) is 0 Å². The van der Waals surface area contributed by atoms with Crippen LogP contribution in [-0.4, -0.2) is 30.6 Å². The third-order valence-electron chi connectivity index (χ3n) is 3.94. The molecule has 0 radical (unpaired) electrons. The van der Waals surface area contributed by atoms with Crippen LogP contribution in [0.3, 0.4) is 0 Å². The predicted octanol–water partition coefficient (Wildman–Crippen LogP) is 3.47. The summed E-state index contributed by atoms with van der Waals surface area (Å²) < 4.78 is 0. The van der Waals surface area contributed by atoms with Crippen LogP contribution in [0.4, 0.5) is 0 Å².